The first kappa shape index (κ1) is 17.7. The molecule has 0 unspecified atom stereocenters. The maximum Gasteiger partial charge on any atom is 0.251 e. The van der Waals surface area contributed by atoms with E-state index in [1.165, 1.54) is 0 Å². The van der Waals surface area contributed by atoms with Gasteiger partial charge >= 0.3 is 0 Å². The van der Waals surface area contributed by atoms with Gasteiger partial charge in [0.1, 0.15) is 6.04 Å². The van der Waals surface area contributed by atoms with Crippen molar-refractivity contribution in [2.45, 2.75) is 26.8 Å². The molecule has 2 N–H and O–H groups in total. The zero-order valence-corrected chi connectivity index (χ0v) is 15.4. The van der Waals surface area contributed by atoms with Crippen molar-refractivity contribution >= 4 is 17.3 Å². The molecule has 3 heteroatoms. The van der Waals surface area contributed by atoms with Crippen LogP contribution >= 0.6 is 0 Å². The number of amides is 1. The minimum Gasteiger partial charge on any atom is -0.370 e. The number of benzene rings is 3. The molecule has 0 bridgehead atoms. The van der Waals surface area contributed by atoms with Crippen molar-refractivity contribution < 1.29 is 4.79 Å². The van der Waals surface area contributed by atoms with Crippen LogP contribution in [0.1, 0.15) is 28.3 Å². The van der Waals surface area contributed by atoms with Crippen LogP contribution < -0.4 is 10.6 Å². The Balaban J connectivity index is 1.90. The van der Waals surface area contributed by atoms with Gasteiger partial charge in [-0.05, 0) is 61.2 Å². The van der Waals surface area contributed by atoms with Gasteiger partial charge in [-0.25, -0.2) is 0 Å². The van der Waals surface area contributed by atoms with Crippen LogP contribution in [0.25, 0.3) is 0 Å². The van der Waals surface area contributed by atoms with Crippen molar-refractivity contribution in [2.75, 3.05) is 10.6 Å². The van der Waals surface area contributed by atoms with E-state index in [2.05, 4.69) is 10.6 Å². The Bertz CT molecular complexity index is 903. The van der Waals surface area contributed by atoms with E-state index in [9.17, 15) is 4.79 Å². The van der Waals surface area contributed by atoms with E-state index < -0.39 is 6.04 Å². The van der Waals surface area contributed by atoms with Gasteiger partial charge in [-0.15, -0.1) is 0 Å². The third kappa shape index (κ3) is 4.31. The molecule has 1 atom stereocenters. The van der Waals surface area contributed by atoms with Gasteiger partial charge in [-0.3, -0.25) is 4.79 Å². The van der Waals surface area contributed by atoms with E-state index in [1.807, 2.05) is 93.6 Å². The first-order valence-corrected chi connectivity index (χ1v) is 8.79. The molecule has 3 aromatic carbocycles. The number of anilines is 2. The summed E-state index contributed by atoms with van der Waals surface area (Å²) < 4.78 is 0. The number of rotatable bonds is 5. The Kier molecular flexibility index (Phi) is 5.37. The number of carbonyl (C=O) groups is 1. The Labute approximate surface area is 155 Å². The molecule has 3 aromatic rings. The second kappa shape index (κ2) is 7.87. The van der Waals surface area contributed by atoms with Gasteiger partial charge in [-0.1, -0.05) is 54.6 Å². The molecule has 0 aromatic heterocycles. The monoisotopic (exact) mass is 344 g/mol. The van der Waals surface area contributed by atoms with Crippen molar-refractivity contribution in [1.82, 2.24) is 0 Å². The van der Waals surface area contributed by atoms with Crippen molar-refractivity contribution in [3.8, 4) is 0 Å². The average molecular weight is 344 g/mol. The van der Waals surface area contributed by atoms with E-state index in [1.54, 1.807) is 0 Å². The number of hydrogen-bond acceptors (Lipinski definition) is 2. The lowest BCUT2D eigenvalue weighted by Crippen LogP contribution is -2.27. The third-order valence-corrected chi connectivity index (χ3v) is 4.38. The molecule has 0 saturated heterocycles. The molecular formula is C23H24N2O. The molecule has 1 amide bonds. The van der Waals surface area contributed by atoms with E-state index in [4.69, 9.17) is 0 Å². The van der Waals surface area contributed by atoms with Gasteiger partial charge in [0.2, 0.25) is 0 Å². The molecule has 26 heavy (non-hydrogen) atoms. The molecule has 0 aliphatic rings. The Morgan fingerprint density at radius 2 is 1.54 bits per heavy atom. The van der Waals surface area contributed by atoms with Gasteiger partial charge in [0.05, 0.1) is 0 Å². The third-order valence-electron chi connectivity index (χ3n) is 4.38. The largest absolute Gasteiger partial charge is 0.370 e. The quantitative estimate of drug-likeness (QED) is 0.650. The maximum absolute atomic E-state index is 13.1. The van der Waals surface area contributed by atoms with Crippen LogP contribution in [0.2, 0.25) is 0 Å². The molecule has 0 fully saturated rings. The van der Waals surface area contributed by atoms with Crippen LogP contribution in [0.5, 0.6) is 0 Å². The Hall–Kier alpha value is -3.07. The zero-order chi connectivity index (χ0) is 18.5. The summed E-state index contributed by atoms with van der Waals surface area (Å²) in [5.41, 5.74) is 6.02. The lowest BCUT2D eigenvalue weighted by molar-refractivity contribution is -0.117. The van der Waals surface area contributed by atoms with Gasteiger partial charge < -0.3 is 10.6 Å². The van der Waals surface area contributed by atoms with Crippen LogP contribution in [0.3, 0.4) is 0 Å². The SMILES string of the molecule is Cc1cccc(N[C@H](C(=O)Nc2cc(C)ccc2C)c2ccccc2)c1. The average Bonchev–Trinajstić information content (AvgIpc) is 2.63. The van der Waals surface area contributed by atoms with Gasteiger partial charge in [-0.2, -0.15) is 0 Å². The lowest BCUT2D eigenvalue weighted by atomic mass is 10.0. The fraction of sp³-hybridized carbons (Fsp3) is 0.174. The van der Waals surface area contributed by atoms with Crippen molar-refractivity contribution in [1.29, 1.82) is 0 Å². The summed E-state index contributed by atoms with van der Waals surface area (Å²) in [5, 5.41) is 6.46. The number of aryl methyl sites for hydroxylation is 3. The van der Waals surface area contributed by atoms with E-state index >= 15 is 0 Å². The molecule has 0 aliphatic carbocycles. The summed E-state index contributed by atoms with van der Waals surface area (Å²) in [7, 11) is 0. The molecule has 132 valence electrons. The summed E-state index contributed by atoms with van der Waals surface area (Å²) in [6.07, 6.45) is 0. The molecular weight excluding hydrogens is 320 g/mol. The summed E-state index contributed by atoms with van der Waals surface area (Å²) >= 11 is 0. The number of hydrogen-bond donors (Lipinski definition) is 2. The first-order valence-electron chi connectivity index (χ1n) is 8.79. The molecule has 3 nitrogen and oxygen atoms in total. The van der Waals surface area contributed by atoms with E-state index in [0.717, 1.165) is 33.6 Å². The van der Waals surface area contributed by atoms with Crippen molar-refractivity contribution in [3.05, 3.63) is 95.1 Å². The summed E-state index contributed by atoms with van der Waals surface area (Å²) in [5.74, 6) is -0.0774. The standard InChI is InChI=1S/C23H24N2O/c1-16-8-7-11-20(14-16)24-22(19-9-5-4-6-10-19)23(26)25-21-15-17(2)12-13-18(21)3/h4-15,22,24H,1-3H3,(H,25,26)/t22-/m0/s1. The molecule has 0 saturated carbocycles. The van der Waals surface area contributed by atoms with Gasteiger partial charge in [0, 0.05) is 11.4 Å². The van der Waals surface area contributed by atoms with Crippen LogP contribution in [0.4, 0.5) is 11.4 Å². The minimum absolute atomic E-state index is 0.0774. The minimum atomic E-state index is -0.474. The van der Waals surface area contributed by atoms with Gasteiger partial charge in [0.15, 0.2) is 0 Å². The molecule has 0 spiro atoms. The second-order valence-electron chi connectivity index (χ2n) is 6.67. The highest BCUT2D eigenvalue weighted by Crippen LogP contribution is 2.24. The fourth-order valence-electron chi connectivity index (χ4n) is 2.92. The second-order valence-corrected chi connectivity index (χ2v) is 6.67. The molecule has 0 heterocycles. The highest BCUT2D eigenvalue weighted by atomic mass is 16.2. The normalized spacial score (nSPS) is 11.7. The molecule has 3 rings (SSSR count). The Morgan fingerprint density at radius 1 is 0.808 bits per heavy atom. The van der Waals surface area contributed by atoms with E-state index in [0.29, 0.717) is 0 Å². The fourth-order valence-corrected chi connectivity index (χ4v) is 2.92. The van der Waals surface area contributed by atoms with E-state index in [-0.39, 0.29) is 5.91 Å². The van der Waals surface area contributed by atoms with Crippen molar-refractivity contribution in [3.63, 3.8) is 0 Å². The lowest BCUT2D eigenvalue weighted by Gasteiger charge is -2.21. The number of nitrogens with one attached hydrogen (secondary N) is 2. The molecule has 0 aliphatic heterocycles. The summed E-state index contributed by atoms with van der Waals surface area (Å²) in [6, 6.07) is 23.4. The maximum atomic E-state index is 13.1. The van der Waals surface area contributed by atoms with Crippen LogP contribution in [0, 0.1) is 20.8 Å². The predicted octanol–water partition coefficient (Wildman–Crippen LogP) is 5.40. The zero-order valence-electron chi connectivity index (χ0n) is 15.4. The Morgan fingerprint density at radius 3 is 2.27 bits per heavy atom. The number of carbonyl (C=O) groups excluding carboxylic acids is 1. The van der Waals surface area contributed by atoms with Crippen LogP contribution in [-0.2, 0) is 4.79 Å². The first-order chi connectivity index (χ1) is 12.5. The summed E-state index contributed by atoms with van der Waals surface area (Å²) in [4.78, 5) is 13.1. The van der Waals surface area contributed by atoms with Gasteiger partial charge in [0.25, 0.3) is 5.91 Å². The highest BCUT2D eigenvalue weighted by Gasteiger charge is 2.21. The van der Waals surface area contributed by atoms with Crippen LogP contribution in [-0.4, -0.2) is 5.91 Å². The van der Waals surface area contributed by atoms with Crippen molar-refractivity contribution in [2.24, 2.45) is 0 Å². The van der Waals surface area contributed by atoms with Crippen LogP contribution in [0.15, 0.2) is 72.8 Å². The summed E-state index contributed by atoms with van der Waals surface area (Å²) in [6.45, 7) is 6.06. The predicted molar refractivity (Wildman–Crippen MR) is 109 cm³/mol. The molecule has 0 radical (unpaired) electrons. The smallest absolute Gasteiger partial charge is 0.251 e. The highest BCUT2D eigenvalue weighted by molar-refractivity contribution is 5.98. The topological polar surface area (TPSA) is 41.1 Å².